The molecule has 0 unspecified atom stereocenters. The number of esters is 1. The Morgan fingerprint density at radius 1 is 1.07 bits per heavy atom. The second-order valence-electron chi connectivity index (χ2n) is 3.64. The van der Waals surface area contributed by atoms with Gasteiger partial charge in [-0.05, 0) is 25.7 Å². The van der Waals surface area contributed by atoms with Crippen molar-refractivity contribution in [3.8, 4) is 0 Å². The van der Waals surface area contributed by atoms with Gasteiger partial charge in [-0.1, -0.05) is 0 Å². The van der Waals surface area contributed by atoms with Gasteiger partial charge in [0.15, 0.2) is 5.90 Å². The van der Waals surface area contributed by atoms with E-state index in [0.29, 0.717) is 5.90 Å². The third-order valence-electron chi connectivity index (χ3n) is 2.85. The number of hydrogen-bond donors (Lipinski definition) is 1. The minimum Gasteiger partial charge on any atom is -0.484 e. The van der Waals surface area contributed by atoms with Crippen LogP contribution in [-0.4, -0.2) is 26.1 Å². The van der Waals surface area contributed by atoms with Crippen molar-refractivity contribution in [1.82, 2.24) is 0 Å². The Morgan fingerprint density at radius 2 is 1.57 bits per heavy atom. The Balaban J connectivity index is 2.38. The zero-order chi connectivity index (χ0) is 10.6. The number of nitrogens with one attached hydrogen (secondary N) is 1. The summed E-state index contributed by atoms with van der Waals surface area (Å²) < 4.78 is 9.57. The summed E-state index contributed by atoms with van der Waals surface area (Å²) in [4.78, 5) is 11.2. The second-order valence-corrected chi connectivity index (χ2v) is 3.64. The first-order valence-electron chi connectivity index (χ1n) is 4.89. The molecule has 14 heavy (non-hydrogen) atoms. The fraction of sp³-hybridized carbons (Fsp3) is 0.800. The smallest absolute Gasteiger partial charge is 0.308 e. The van der Waals surface area contributed by atoms with Crippen LogP contribution in [0.5, 0.6) is 0 Å². The maximum Gasteiger partial charge on any atom is 0.308 e. The highest BCUT2D eigenvalue weighted by atomic mass is 16.5. The number of carbonyl (C=O) groups is 1. The van der Waals surface area contributed by atoms with Crippen LogP contribution in [0.2, 0.25) is 0 Å². The third kappa shape index (κ3) is 2.47. The van der Waals surface area contributed by atoms with E-state index in [1.54, 1.807) is 0 Å². The molecule has 0 spiro atoms. The van der Waals surface area contributed by atoms with Gasteiger partial charge in [-0.15, -0.1) is 0 Å². The minimum absolute atomic E-state index is 0.0286. The summed E-state index contributed by atoms with van der Waals surface area (Å²) in [5.74, 6) is 0.447. The van der Waals surface area contributed by atoms with Gasteiger partial charge in [-0.2, -0.15) is 0 Å². The largest absolute Gasteiger partial charge is 0.484 e. The van der Waals surface area contributed by atoms with Crippen molar-refractivity contribution in [2.24, 2.45) is 11.8 Å². The summed E-state index contributed by atoms with van der Waals surface area (Å²) in [6.45, 7) is 0. The highest BCUT2D eigenvalue weighted by Crippen LogP contribution is 2.30. The van der Waals surface area contributed by atoms with Crippen molar-refractivity contribution in [2.75, 3.05) is 14.2 Å². The van der Waals surface area contributed by atoms with E-state index in [1.807, 2.05) is 0 Å². The van der Waals surface area contributed by atoms with E-state index in [2.05, 4.69) is 4.74 Å². The molecule has 1 rings (SSSR count). The first-order valence-corrected chi connectivity index (χ1v) is 4.89. The molecule has 0 heterocycles. The highest BCUT2D eigenvalue weighted by molar-refractivity contribution is 5.76. The molecule has 0 aromatic rings. The van der Waals surface area contributed by atoms with E-state index >= 15 is 0 Å². The Kier molecular flexibility index (Phi) is 3.92. The van der Waals surface area contributed by atoms with Gasteiger partial charge in [-0.3, -0.25) is 10.2 Å². The standard InChI is InChI=1S/C10H17NO3/c1-13-9(11)7-3-5-8(6-4-7)10(12)14-2/h7-8,11H,3-6H2,1-2H3/t7-,8-. The first-order chi connectivity index (χ1) is 6.69. The topological polar surface area (TPSA) is 59.4 Å². The molecular formula is C10H17NO3. The van der Waals surface area contributed by atoms with Gasteiger partial charge in [0.1, 0.15) is 0 Å². The quantitative estimate of drug-likeness (QED) is 0.417. The molecule has 0 atom stereocenters. The van der Waals surface area contributed by atoms with Crippen LogP contribution < -0.4 is 0 Å². The van der Waals surface area contributed by atoms with Gasteiger partial charge in [0.05, 0.1) is 20.1 Å². The predicted octanol–water partition coefficient (Wildman–Crippen LogP) is 1.59. The van der Waals surface area contributed by atoms with Crippen molar-refractivity contribution >= 4 is 11.9 Å². The number of hydrogen-bond acceptors (Lipinski definition) is 4. The Labute approximate surface area is 84.1 Å². The lowest BCUT2D eigenvalue weighted by Gasteiger charge is -2.26. The summed E-state index contributed by atoms with van der Waals surface area (Å²) >= 11 is 0. The van der Waals surface area contributed by atoms with Gasteiger partial charge in [0.2, 0.25) is 0 Å². The van der Waals surface area contributed by atoms with E-state index in [9.17, 15) is 4.79 Å². The minimum atomic E-state index is -0.118. The summed E-state index contributed by atoms with van der Waals surface area (Å²) in [5, 5.41) is 7.51. The molecule has 80 valence electrons. The molecule has 1 saturated carbocycles. The van der Waals surface area contributed by atoms with E-state index in [0.717, 1.165) is 25.7 Å². The lowest BCUT2D eigenvalue weighted by molar-refractivity contribution is -0.146. The molecule has 0 aliphatic heterocycles. The molecule has 1 aliphatic rings. The van der Waals surface area contributed by atoms with Gasteiger partial charge >= 0.3 is 5.97 Å². The van der Waals surface area contributed by atoms with Crippen LogP contribution in [0.15, 0.2) is 0 Å². The average Bonchev–Trinajstić information content (AvgIpc) is 2.27. The highest BCUT2D eigenvalue weighted by Gasteiger charge is 2.29. The zero-order valence-corrected chi connectivity index (χ0v) is 8.71. The monoisotopic (exact) mass is 199 g/mol. The average molecular weight is 199 g/mol. The molecule has 0 bridgehead atoms. The maximum atomic E-state index is 11.2. The lowest BCUT2D eigenvalue weighted by Crippen LogP contribution is -2.26. The van der Waals surface area contributed by atoms with Gasteiger partial charge in [-0.25, -0.2) is 0 Å². The van der Waals surface area contributed by atoms with Gasteiger partial charge in [0.25, 0.3) is 0 Å². The van der Waals surface area contributed by atoms with Gasteiger partial charge in [0, 0.05) is 5.92 Å². The summed E-state index contributed by atoms with van der Waals surface area (Å²) in [6, 6.07) is 0. The molecule has 0 amide bonds. The van der Waals surface area contributed by atoms with Crippen LogP contribution in [0, 0.1) is 17.2 Å². The Bertz CT molecular complexity index is 195. The van der Waals surface area contributed by atoms with Crippen molar-refractivity contribution in [2.45, 2.75) is 25.7 Å². The van der Waals surface area contributed by atoms with Crippen molar-refractivity contribution < 1.29 is 14.3 Å². The van der Waals surface area contributed by atoms with Crippen LogP contribution in [0.1, 0.15) is 25.7 Å². The van der Waals surface area contributed by atoms with Crippen LogP contribution in [0.3, 0.4) is 0 Å². The van der Waals surface area contributed by atoms with Crippen LogP contribution in [0.4, 0.5) is 0 Å². The molecule has 1 aliphatic carbocycles. The van der Waals surface area contributed by atoms with Gasteiger partial charge < -0.3 is 9.47 Å². The van der Waals surface area contributed by atoms with Crippen LogP contribution >= 0.6 is 0 Å². The normalized spacial score (nSPS) is 26.7. The predicted molar refractivity (Wildman–Crippen MR) is 52.2 cm³/mol. The fourth-order valence-electron chi connectivity index (χ4n) is 1.92. The molecule has 0 aromatic carbocycles. The van der Waals surface area contributed by atoms with Crippen molar-refractivity contribution in [3.63, 3.8) is 0 Å². The van der Waals surface area contributed by atoms with Crippen LogP contribution in [0.25, 0.3) is 0 Å². The first kappa shape index (κ1) is 11.0. The van der Waals surface area contributed by atoms with E-state index < -0.39 is 0 Å². The molecular weight excluding hydrogens is 182 g/mol. The summed E-state index contributed by atoms with van der Waals surface area (Å²) in [5.41, 5.74) is 0. The maximum absolute atomic E-state index is 11.2. The number of methoxy groups -OCH3 is 2. The van der Waals surface area contributed by atoms with E-state index in [4.69, 9.17) is 10.1 Å². The Hall–Kier alpha value is -1.06. The number of ether oxygens (including phenoxy) is 2. The molecule has 0 aromatic heterocycles. The molecule has 4 heteroatoms. The molecule has 1 fully saturated rings. The van der Waals surface area contributed by atoms with E-state index in [1.165, 1.54) is 14.2 Å². The molecule has 0 radical (unpaired) electrons. The molecule has 1 N–H and O–H groups in total. The van der Waals surface area contributed by atoms with Crippen molar-refractivity contribution in [1.29, 1.82) is 5.41 Å². The lowest BCUT2D eigenvalue weighted by atomic mass is 9.82. The summed E-state index contributed by atoms with van der Waals surface area (Å²) in [7, 11) is 2.94. The van der Waals surface area contributed by atoms with Crippen LogP contribution in [-0.2, 0) is 14.3 Å². The Morgan fingerprint density at radius 3 is 2.00 bits per heavy atom. The number of rotatable bonds is 2. The number of carbonyl (C=O) groups excluding carboxylic acids is 1. The summed E-state index contributed by atoms with van der Waals surface area (Å²) in [6.07, 6.45) is 3.32. The SMILES string of the molecule is COC(=N)[C@H]1CC[C@H](C(=O)OC)CC1. The molecule has 0 saturated heterocycles. The van der Waals surface area contributed by atoms with E-state index in [-0.39, 0.29) is 17.8 Å². The second kappa shape index (κ2) is 4.98. The van der Waals surface area contributed by atoms with Crippen molar-refractivity contribution in [3.05, 3.63) is 0 Å². The zero-order valence-electron chi connectivity index (χ0n) is 8.71. The molecule has 4 nitrogen and oxygen atoms in total. The fourth-order valence-corrected chi connectivity index (χ4v) is 1.92. The third-order valence-corrected chi connectivity index (χ3v) is 2.85.